The Balaban J connectivity index is 0.00000364. The van der Waals surface area contributed by atoms with E-state index < -0.39 is 0 Å². The van der Waals surface area contributed by atoms with Crippen LogP contribution < -0.4 is 16.0 Å². The highest BCUT2D eigenvalue weighted by Crippen LogP contribution is 2.10. The van der Waals surface area contributed by atoms with Crippen LogP contribution in [0.15, 0.2) is 35.3 Å². The summed E-state index contributed by atoms with van der Waals surface area (Å²) in [4.78, 5) is 18.7. The third-order valence-corrected chi connectivity index (χ3v) is 4.69. The van der Waals surface area contributed by atoms with Crippen LogP contribution in [0, 0.1) is 0 Å². The van der Waals surface area contributed by atoms with Crippen molar-refractivity contribution in [2.75, 3.05) is 39.8 Å². The lowest BCUT2D eigenvalue weighted by Crippen LogP contribution is -2.50. The van der Waals surface area contributed by atoms with E-state index in [4.69, 9.17) is 0 Å². The lowest BCUT2D eigenvalue weighted by atomic mass is 10.1. The highest BCUT2D eigenvalue weighted by molar-refractivity contribution is 14.0. The average molecular weight is 487 g/mol. The minimum absolute atomic E-state index is 0. The summed E-state index contributed by atoms with van der Waals surface area (Å²) in [5.74, 6) is 0.693. The molecule has 1 saturated heterocycles. The van der Waals surface area contributed by atoms with Crippen molar-refractivity contribution in [3.63, 3.8) is 0 Å². The van der Waals surface area contributed by atoms with Gasteiger partial charge in [0.2, 0.25) is 5.91 Å². The number of nitrogens with zero attached hydrogens (tertiary/aromatic N) is 2. The van der Waals surface area contributed by atoms with Crippen LogP contribution in [0.2, 0.25) is 0 Å². The molecule has 0 atom stereocenters. The number of aliphatic imine (C=N–C) groups is 1. The number of piperidine rings is 1. The van der Waals surface area contributed by atoms with Gasteiger partial charge in [0.25, 0.3) is 0 Å². The molecule has 0 bridgehead atoms. The molecular formula is C20H34IN5O. The molecule has 0 radical (unpaired) electrons. The zero-order chi connectivity index (χ0) is 18.6. The van der Waals surface area contributed by atoms with Gasteiger partial charge in [-0.15, -0.1) is 24.0 Å². The van der Waals surface area contributed by atoms with Crippen LogP contribution in [0.1, 0.15) is 31.7 Å². The van der Waals surface area contributed by atoms with Gasteiger partial charge >= 0.3 is 0 Å². The second-order valence-electron chi connectivity index (χ2n) is 6.77. The molecule has 0 unspecified atom stereocenters. The summed E-state index contributed by atoms with van der Waals surface area (Å²) in [5.41, 5.74) is 1.23. The Morgan fingerprint density at radius 3 is 2.52 bits per heavy atom. The number of nitrogens with one attached hydrogen (secondary N) is 3. The number of benzene rings is 1. The first-order valence-corrected chi connectivity index (χ1v) is 9.71. The molecule has 0 saturated carbocycles. The maximum atomic E-state index is 12.0. The van der Waals surface area contributed by atoms with Crippen LogP contribution in [0.5, 0.6) is 0 Å². The summed E-state index contributed by atoms with van der Waals surface area (Å²) >= 11 is 0. The van der Waals surface area contributed by atoms with Gasteiger partial charge in [-0.3, -0.25) is 9.79 Å². The SMILES string of the molecule is CCCN1CCC(NC(=NC)NCC(=O)NCCc2ccccc2)CC1.I. The topological polar surface area (TPSA) is 68.8 Å². The van der Waals surface area contributed by atoms with Crippen molar-refractivity contribution < 1.29 is 4.79 Å². The molecular weight excluding hydrogens is 453 g/mol. The van der Waals surface area contributed by atoms with Gasteiger partial charge in [0.1, 0.15) is 0 Å². The highest BCUT2D eigenvalue weighted by Gasteiger charge is 2.19. The van der Waals surface area contributed by atoms with Gasteiger partial charge in [-0.05, 0) is 37.8 Å². The van der Waals surface area contributed by atoms with Crippen molar-refractivity contribution in [2.24, 2.45) is 4.99 Å². The second-order valence-corrected chi connectivity index (χ2v) is 6.77. The number of hydrogen-bond donors (Lipinski definition) is 3. The Bertz CT molecular complexity index is 559. The molecule has 3 N–H and O–H groups in total. The van der Waals surface area contributed by atoms with Crippen LogP contribution in [0.4, 0.5) is 0 Å². The van der Waals surface area contributed by atoms with Gasteiger partial charge in [0.15, 0.2) is 5.96 Å². The van der Waals surface area contributed by atoms with E-state index in [0.717, 1.165) is 32.4 Å². The van der Waals surface area contributed by atoms with E-state index in [1.54, 1.807) is 7.05 Å². The average Bonchev–Trinajstić information content (AvgIpc) is 2.67. The Labute approximate surface area is 180 Å². The third-order valence-electron chi connectivity index (χ3n) is 4.69. The molecule has 7 heteroatoms. The molecule has 27 heavy (non-hydrogen) atoms. The standard InChI is InChI=1S/C20H33N5O.HI/c1-3-13-25-14-10-18(11-15-25)24-20(21-2)23-16-19(26)22-12-9-17-7-5-4-6-8-17;/h4-8,18H,3,9-16H2,1-2H3,(H,22,26)(H2,21,23,24);1H. The van der Waals surface area contributed by atoms with E-state index in [1.807, 2.05) is 18.2 Å². The van der Waals surface area contributed by atoms with Gasteiger partial charge in [-0.1, -0.05) is 37.3 Å². The van der Waals surface area contributed by atoms with Crippen molar-refractivity contribution in [1.82, 2.24) is 20.9 Å². The largest absolute Gasteiger partial charge is 0.354 e. The lowest BCUT2D eigenvalue weighted by Gasteiger charge is -2.32. The Kier molecular flexibility index (Phi) is 12.1. The van der Waals surface area contributed by atoms with Gasteiger partial charge in [0.05, 0.1) is 6.54 Å². The highest BCUT2D eigenvalue weighted by atomic mass is 127. The minimum atomic E-state index is -0.0124. The molecule has 1 aromatic carbocycles. The molecule has 1 aliphatic rings. The van der Waals surface area contributed by atoms with Gasteiger partial charge in [-0.25, -0.2) is 0 Å². The summed E-state index contributed by atoms with van der Waals surface area (Å²) < 4.78 is 0. The number of halogens is 1. The fourth-order valence-corrected chi connectivity index (χ4v) is 3.22. The Hall–Kier alpha value is -1.35. The summed E-state index contributed by atoms with van der Waals surface area (Å²) in [7, 11) is 1.74. The number of hydrogen-bond acceptors (Lipinski definition) is 3. The molecule has 0 aliphatic carbocycles. The minimum Gasteiger partial charge on any atom is -0.354 e. The number of guanidine groups is 1. The molecule has 0 spiro atoms. The van der Waals surface area contributed by atoms with Crippen LogP contribution in [-0.4, -0.2) is 62.6 Å². The summed E-state index contributed by atoms with van der Waals surface area (Å²) in [6.07, 6.45) is 4.28. The van der Waals surface area contributed by atoms with Gasteiger partial charge in [0, 0.05) is 32.7 Å². The molecule has 1 heterocycles. The van der Waals surface area contributed by atoms with Crippen molar-refractivity contribution in [2.45, 2.75) is 38.6 Å². The second kappa shape index (κ2) is 13.8. The maximum Gasteiger partial charge on any atom is 0.239 e. The third kappa shape index (κ3) is 9.41. The van der Waals surface area contributed by atoms with E-state index in [1.165, 1.54) is 18.5 Å². The van der Waals surface area contributed by atoms with E-state index in [0.29, 0.717) is 18.5 Å². The van der Waals surface area contributed by atoms with Crippen LogP contribution in [0.25, 0.3) is 0 Å². The van der Waals surface area contributed by atoms with Gasteiger partial charge in [-0.2, -0.15) is 0 Å². The monoisotopic (exact) mass is 487 g/mol. The molecule has 1 amide bonds. The smallest absolute Gasteiger partial charge is 0.239 e. The van der Waals surface area contributed by atoms with E-state index in [2.05, 4.69) is 44.9 Å². The molecule has 2 rings (SSSR count). The molecule has 1 aromatic rings. The summed E-state index contributed by atoms with van der Waals surface area (Å²) in [5, 5.41) is 9.50. The van der Waals surface area contributed by atoms with Crippen molar-refractivity contribution in [1.29, 1.82) is 0 Å². The molecule has 6 nitrogen and oxygen atoms in total. The first-order chi connectivity index (χ1) is 12.7. The van der Waals surface area contributed by atoms with Crippen LogP contribution >= 0.6 is 24.0 Å². The Morgan fingerprint density at radius 1 is 1.19 bits per heavy atom. The normalized spacial score (nSPS) is 15.7. The predicted octanol–water partition coefficient (Wildman–Crippen LogP) is 2.00. The van der Waals surface area contributed by atoms with Gasteiger partial charge < -0.3 is 20.9 Å². The number of amides is 1. The zero-order valence-electron chi connectivity index (χ0n) is 16.5. The lowest BCUT2D eigenvalue weighted by molar-refractivity contribution is -0.119. The van der Waals surface area contributed by atoms with Crippen molar-refractivity contribution in [3.05, 3.63) is 35.9 Å². The van der Waals surface area contributed by atoms with E-state index >= 15 is 0 Å². The number of carbonyl (C=O) groups excluding carboxylic acids is 1. The van der Waals surface area contributed by atoms with Crippen LogP contribution in [-0.2, 0) is 11.2 Å². The first-order valence-electron chi connectivity index (χ1n) is 9.71. The van der Waals surface area contributed by atoms with Crippen molar-refractivity contribution in [3.8, 4) is 0 Å². The molecule has 1 fully saturated rings. The molecule has 1 aliphatic heterocycles. The fourth-order valence-electron chi connectivity index (χ4n) is 3.22. The summed E-state index contributed by atoms with van der Waals surface area (Å²) in [6.45, 7) is 6.55. The number of rotatable bonds is 8. The predicted molar refractivity (Wildman–Crippen MR) is 123 cm³/mol. The van der Waals surface area contributed by atoms with Crippen LogP contribution in [0.3, 0.4) is 0 Å². The van der Waals surface area contributed by atoms with E-state index in [9.17, 15) is 4.79 Å². The summed E-state index contributed by atoms with van der Waals surface area (Å²) in [6, 6.07) is 10.6. The number of carbonyl (C=O) groups is 1. The molecule has 0 aromatic heterocycles. The quantitative estimate of drug-likeness (QED) is 0.298. The molecule has 152 valence electrons. The zero-order valence-corrected chi connectivity index (χ0v) is 18.9. The fraction of sp³-hybridized carbons (Fsp3) is 0.600. The van der Waals surface area contributed by atoms with E-state index in [-0.39, 0.29) is 36.4 Å². The Morgan fingerprint density at radius 2 is 1.89 bits per heavy atom. The number of likely N-dealkylation sites (tertiary alicyclic amines) is 1. The first kappa shape index (κ1) is 23.7. The van der Waals surface area contributed by atoms with Crippen molar-refractivity contribution >= 4 is 35.8 Å². The maximum absolute atomic E-state index is 12.0.